The SMILES string of the molecule is COc1ccc(/C=N\NC(=O)CN2CCN(S(=O)(=O)c3ccc(C)cc3)CC2)c(OC)c1. The average Bonchev–Trinajstić information content (AvgIpc) is 2.80. The zero-order chi connectivity index (χ0) is 23.1. The van der Waals surface area contributed by atoms with E-state index in [4.69, 9.17) is 9.47 Å². The fourth-order valence-electron chi connectivity index (χ4n) is 3.32. The number of carbonyl (C=O) groups excluding carboxylic acids is 1. The Balaban J connectivity index is 1.49. The number of methoxy groups -OCH3 is 2. The molecule has 0 radical (unpaired) electrons. The third-order valence-electron chi connectivity index (χ3n) is 5.19. The molecule has 32 heavy (non-hydrogen) atoms. The molecule has 0 unspecified atom stereocenters. The van der Waals surface area contributed by atoms with Crippen LogP contribution in [0.1, 0.15) is 11.1 Å². The first-order valence-corrected chi connectivity index (χ1v) is 11.6. The largest absolute Gasteiger partial charge is 0.497 e. The standard InChI is InChI=1S/C22H28N4O5S/c1-17-4-8-20(9-5-17)32(28,29)26-12-10-25(11-13-26)16-22(27)24-23-15-18-6-7-19(30-2)14-21(18)31-3/h4-9,14-15H,10-13,16H2,1-3H3,(H,24,27)/b23-15-. The van der Waals surface area contributed by atoms with Crippen molar-refractivity contribution >= 4 is 22.1 Å². The fraction of sp³-hybridized carbons (Fsp3) is 0.364. The number of aryl methyl sites for hydroxylation is 1. The van der Waals surface area contributed by atoms with E-state index in [1.165, 1.54) is 10.5 Å². The molecule has 9 nitrogen and oxygen atoms in total. The zero-order valence-corrected chi connectivity index (χ0v) is 19.3. The van der Waals surface area contributed by atoms with Crippen LogP contribution in [0.2, 0.25) is 0 Å². The number of amides is 1. The quantitative estimate of drug-likeness (QED) is 0.473. The second-order valence-electron chi connectivity index (χ2n) is 7.39. The Hall–Kier alpha value is -2.95. The highest BCUT2D eigenvalue weighted by atomic mass is 32.2. The van der Waals surface area contributed by atoms with Crippen LogP contribution in [0.5, 0.6) is 11.5 Å². The predicted molar refractivity (Wildman–Crippen MR) is 122 cm³/mol. The summed E-state index contributed by atoms with van der Waals surface area (Å²) in [6, 6.07) is 12.1. The molecule has 0 bridgehead atoms. The van der Waals surface area contributed by atoms with Crippen molar-refractivity contribution in [3.63, 3.8) is 0 Å². The van der Waals surface area contributed by atoms with Crippen molar-refractivity contribution in [2.45, 2.75) is 11.8 Å². The number of hydrazone groups is 1. The summed E-state index contributed by atoms with van der Waals surface area (Å²) in [5.41, 5.74) is 4.21. The number of carbonyl (C=O) groups is 1. The normalized spacial score (nSPS) is 15.6. The van der Waals surface area contributed by atoms with Gasteiger partial charge in [0.1, 0.15) is 11.5 Å². The minimum Gasteiger partial charge on any atom is -0.497 e. The molecule has 3 rings (SSSR count). The lowest BCUT2D eigenvalue weighted by atomic mass is 10.2. The Morgan fingerprint density at radius 2 is 1.75 bits per heavy atom. The summed E-state index contributed by atoms with van der Waals surface area (Å²) in [5, 5.41) is 3.99. The van der Waals surface area contributed by atoms with Gasteiger partial charge in [0.05, 0.1) is 31.9 Å². The van der Waals surface area contributed by atoms with Crippen LogP contribution in [-0.4, -0.2) is 76.7 Å². The van der Waals surface area contributed by atoms with Gasteiger partial charge in [-0.3, -0.25) is 9.69 Å². The van der Waals surface area contributed by atoms with Gasteiger partial charge in [0.25, 0.3) is 5.91 Å². The van der Waals surface area contributed by atoms with Gasteiger partial charge in [-0.2, -0.15) is 9.41 Å². The topological polar surface area (TPSA) is 101 Å². The summed E-state index contributed by atoms with van der Waals surface area (Å²) in [6.07, 6.45) is 1.50. The number of rotatable bonds is 8. The van der Waals surface area contributed by atoms with E-state index in [0.29, 0.717) is 43.2 Å². The number of sulfonamides is 1. The maximum atomic E-state index is 12.8. The first kappa shape index (κ1) is 23.7. The molecule has 0 aromatic heterocycles. The van der Waals surface area contributed by atoms with Gasteiger partial charge < -0.3 is 9.47 Å². The highest BCUT2D eigenvalue weighted by molar-refractivity contribution is 7.89. The lowest BCUT2D eigenvalue weighted by Crippen LogP contribution is -2.50. The zero-order valence-electron chi connectivity index (χ0n) is 18.4. The van der Waals surface area contributed by atoms with Gasteiger partial charge in [-0.15, -0.1) is 0 Å². The molecule has 0 saturated carbocycles. The molecule has 2 aromatic rings. The van der Waals surface area contributed by atoms with Crippen LogP contribution in [0.25, 0.3) is 0 Å². The first-order chi connectivity index (χ1) is 15.3. The van der Waals surface area contributed by atoms with Crippen LogP contribution in [0.3, 0.4) is 0 Å². The molecule has 0 aliphatic carbocycles. The Bertz CT molecular complexity index is 1060. The number of hydrogen-bond acceptors (Lipinski definition) is 7. The third-order valence-corrected chi connectivity index (χ3v) is 7.10. The summed E-state index contributed by atoms with van der Waals surface area (Å²) in [4.78, 5) is 14.4. The molecule has 172 valence electrons. The second-order valence-corrected chi connectivity index (χ2v) is 9.33. The smallest absolute Gasteiger partial charge is 0.254 e. The molecule has 0 spiro atoms. The summed E-state index contributed by atoms with van der Waals surface area (Å²) < 4.78 is 37.5. The van der Waals surface area contributed by atoms with Gasteiger partial charge in [0, 0.05) is 37.8 Å². The minimum absolute atomic E-state index is 0.134. The molecule has 1 aliphatic heterocycles. The molecule has 1 fully saturated rings. The maximum absolute atomic E-state index is 12.8. The van der Waals surface area contributed by atoms with Crippen molar-refractivity contribution in [1.82, 2.24) is 14.6 Å². The van der Waals surface area contributed by atoms with Crippen molar-refractivity contribution in [3.8, 4) is 11.5 Å². The average molecular weight is 461 g/mol. The van der Waals surface area contributed by atoms with Gasteiger partial charge in [0.2, 0.25) is 10.0 Å². The van der Waals surface area contributed by atoms with Crippen LogP contribution >= 0.6 is 0 Å². The summed E-state index contributed by atoms with van der Waals surface area (Å²) in [6.45, 7) is 3.64. The molecule has 0 atom stereocenters. The van der Waals surface area contributed by atoms with E-state index in [1.807, 2.05) is 11.8 Å². The number of piperazine rings is 1. The lowest BCUT2D eigenvalue weighted by Gasteiger charge is -2.33. The van der Waals surface area contributed by atoms with E-state index < -0.39 is 10.0 Å². The third kappa shape index (κ3) is 5.84. The minimum atomic E-state index is -3.53. The van der Waals surface area contributed by atoms with Gasteiger partial charge in [0.15, 0.2) is 0 Å². The van der Waals surface area contributed by atoms with Crippen LogP contribution in [0.15, 0.2) is 52.5 Å². The van der Waals surface area contributed by atoms with E-state index in [9.17, 15) is 13.2 Å². The highest BCUT2D eigenvalue weighted by Crippen LogP contribution is 2.23. The molecule has 10 heteroatoms. The van der Waals surface area contributed by atoms with Gasteiger partial charge >= 0.3 is 0 Å². The predicted octanol–water partition coefficient (Wildman–Crippen LogP) is 1.47. The summed E-state index contributed by atoms with van der Waals surface area (Å²) >= 11 is 0. The number of nitrogens with one attached hydrogen (secondary N) is 1. The Kier molecular flexibility index (Phi) is 7.84. The van der Waals surface area contributed by atoms with Gasteiger partial charge in [-0.1, -0.05) is 17.7 Å². The van der Waals surface area contributed by atoms with Crippen molar-refractivity contribution in [3.05, 3.63) is 53.6 Å². The number of nitrogens with zero attached hydrogens (tertiary/aromatic N) is 3. The van der Waals surface area contributed by atoms with E-state index in [1.54, 1.807) is 56.7 Å². The molecule has 1 heterocycles. The van der Waals surface area contributed by atoms with Crippen LogP contribution in [0.4, 0.5) is 0 Å². The Labute approximate surface area is 188 Å². The van der Waals surface area contributed by atoms with Crippen molar-refractivity contribution < 1.29 is 22.7 Å². The lowest BCUT2D eigenvalue weighted by molar-refractivity contribution is -0.122. The monoisotopic (exact) mass is 460 g/mol. The number of ether oxygens (including phenoxy) is 2. The molecule has 1 aliphatic rings. The van der Waals surface area contributed by atoms with E-state index in [-0.39, 0.29) is 17.3 Å². The molecule has 2 aromatic carbocycles. The first-order valence-electron chi connectivity index (χ1n) is 10.2. The fourth-order valence-corrected chi connectivity index (χ4v) is 4.75. The Morgan fingerprint density at radius 3 is 2.38 bits per heavy atom. The molecule has 1 amide bonds. The van der Waals surface area contributed by atoms with Crippen molar-refractivity contribution in [2.24, 2.45) is 5.10 Å². The van der Waals surface area contributed by atoms with Crippen LogP contribution < -0.4 is 14.9 Å². The molecular weight excluding hydrogens is 432 g/mol. The Morgan fingerprint density at radius 1 is 1.06 bits per heavy atom. The van der Waals surface area contributed by atoms with Gasteiger partial charge in [-0.05, 0) is 31.2 Å². The number of hydrogen-bond donors (Lipinski definition) is 1. The maximum Gasteiger partial charge on any atom is 0.254 e. The van der Waals surface area contributed by atoms with Crippen molar-refractivity contribution in [2.75, 3.05) is 46.9 Å². The van der Waals surface area contributed by atoms with Crippen molar-refractivity contribution in [1.29, 1.82) is 0 Å². The van der Waals surface area contributed by atoms with Gasteiger partial charge in [-0.25, -0.2) is 13.8 Å². The highest BCUT2D eigenvalue weighted by Gasteiger charge is 2.28. The summed E-state index contributed by atoms with van der Waals surface area (Å²) in [7, 11) is -0.410. The van der Waals surface area contributed by atoms with E-state index >= 15 is 0 Å². The molecule has 1 saturated heterocycles. The van der Waals surface area contributed by atoms with Crippen LogP contribution in [0, 0.1) is 6.92 Å². The second kappa shape index (κ2) is 10.6. The van der Waals surface area contributed by atoms with Crippen LogP contribution in [-0.2, 0) is 14.8 Å². The number of benzene rings is 2. The van der Waals surface area contributed by atoms with E-state index in [2.05, 4.69) is 10.5 Å². The summed E-state index contributed by atoms with van der Waals surface area (Å²) in [5.74, 6) is 0.961. The molecular formula is C22H28N4O5S. The van der Waals surface area contributed by atoms with E-state index in [0.717, 1.165) is 5.56 Å². The molecule has 1 N–H and O–H groups in total.